The third-order valence-corrected chi connectivity index (χ3v) is 3.15. The second-order valence-corrected chi connectivity index (χ2v) is 6.16. The highest BCUT2D eigenvalue weighted by Crippen LogP contribution is 2.17. The van der Waals surface area contributed by atoms with E-state index in [1.54, 1.807) is 23.2 Å². The lowest BCUT2D eigenvalue weighted by atomic mass is 10.2. The molecule has 1 fully saturated rings. The van der Waals surface area contributed by atoms with Crippen molar-refractivity contribution in [3.8, 4) is 0 Å². The normalized spacial score (nSPS) is 18.8. The maximum atomic E-state index is 11.9. The second-order valence-electron chi connectivity index (χ2n) is 6.16. The number of carbonyl (C=O) groups excluding carboxylic acids is 2. The lowest BCUT2D eigenvalue weighted by molar-refractivity contribution is 0.0217. The number of hydrogen-bond acceptors (Lipinski definition) is 4. The molecule has 0 bridgehead atoms. The van der Waals surface area contributed by atoms with Crippen molar-refractivity contribution in [3.05, 3.63) is 24.0 Å². The minimum Gasteiger partial charge on any atom is -0.444 e. The van der Waals surface area contributed by atoms with Crippen molar-refractivity contribution in [2.75, 3.05) is 19.7 Å². The molecule has 21 heavy (non-hydrogen) atoms. The molecule has 1 atom stereocenters. The first-order valence-electron chi connectivity index (χ1n) is 7.11. The second kappa shape index (κ2) is 6.30. The summed E-state index contributed by atoms with van der Waals surface area (Å²) in [5.74, 6) is -0.0873. The van der Waals surface area contributed by atoms with Crippen LogP contribution >= 0.6 is 0 Å². The fourth-order valence-corrected chi connectivity index (χ4v) is 2.13. The van der Waals surface area contributed by atoms with Crippen LogP contribution in [0.2, 0.25) is 0 Å². The van der Waals surface area contributed by atoms with Gasteiger partial charge < -0.3 is 19.4 Å². The predicted molar refractivity (Wildman–Crippen MR) is 77.3 cm³/mol. The van der Waals surface area contributed by atoms with Gasteiger partial charge in [0.1, 0.15) is 12.2 Å². The van der Waals surface area contributed by atoms with E-state index < -0.39 is 5.60 Å². The standard InChI is InChI=1S/C15H22N2O4/c1-15(2,3)21-14(19)17-8-6-11(9-17)20-10-13(18)12-5-4-7-16-12/h4-5,7,11,16H,6,8-10H2,1-3H3/t11-/m0/s1. The van der Waals surface area contributed by atoms with Crippen LogP contribution in [0.15, 0.2) is 18.3 Å². The van der Waals surface area contributed by atoms with E-state index in [9.17, 15) is 9.59 Å². The molecule has 0 unspecified atom stereocenters. The monoisotopic (exact) mass is 294 g/mol. The summed E-state index contributed by atoms with van der Waals surface area (Å²) in [6, 6.07) is 3.49. The zero-order valence-electron chi connectivity index (χ0n) is 12.7. The Kier molecular flexibility index (Phi) is 4.67. The molecule has 0 aliphatic carbocycles. The minimum absolute atomic E-state index is 0.0212. The average molecular weight is 294 g/mol. The van der Waals surface area contributed by atoms with Gasteiger partial charge in [0.25, 0.3) is 0 Å². The number of ketones is 1. The molecule has 6 nitrogen and oxygen atoms in total. The van der Waals surface area contributed by atoms with Crippen LogP contribution in [0, 0.1) is 0 Å². The number of rotatable bonds is 4. The van der Waals surface area contributed by atoms with Crippen molar-refractivity contribution in [2.24, 2.45) is 0 Å². The van der Waals surface area contributed by atoms with Gasteiger partial charge in [-0.3, -0.25) is 4.79 Å². The average Bonchev–Trinajstić information content (AvgIpc) is 3.05. The van der Waals surface area contributed by atoms with Crippen LogP contribution in [-0.4, -0.2) is 53.2 Å². The first-order valence-corrected chi connectivity index (χ1v) is 7.11. The first kappa shape index (κ1) is 15.6. The predicted octanol–water partition coefficient (Wildman–Crippen LogP) is 2.22. The Balaban J connectivity index is 1.75. The van der Waals surface area contributed by atoms with E-state index in [0.717, 1.165) is 6.42 Å². The van der Waals surface area contributed by atoms with Gasteiger partial charge in [0, 0.05) is 12.7 Å². The van der Waals surface area contributed by atoms with E-state index in [2.05, 4.69) is 4.98 Å². The Morgan fingerprint density at radius 3 is 2.81 bits per heavy atom. The van der Waals surface area contributed by atoms with E-state index in [4.69, 9.17) is 9.47 Å². The molecule has 2 rings (SSSR count). The summed E-state index contributed by atoms with van der Waals surface area (Å²) in [5, 5.41) is 0. The molecule has 1 aromatic heterocycles. The van der Waals surface area contributed by atoms with Crippen molar-refractivity contribution in [1.82, 2.24) is 9.88 Å². The lowest BCUT2D eigenvalue weighted by Gasteiger charge is -2.24. The number of likely N-dealkylation sites (tertiary alicyclic amines) is 1. The van der Waals surface area contributed by atoms with Crippen molar-refractivity contribution >= 4 is 11.9 Å². The first-order chi connectivity index (χ1) is 9.85. The summed E-state index contributed by atoms with van der Waals surface area (Å²) in [6.45, 7) is 6.59. The molecule has 1 aliphatic rings. The number of aromatic amines is 1. The van der Waals surface area contributed by atoms with Crippen LogP contribution in [0.4, 0.5) is 4.79 Å². The van der Waals surface area contributed by atoms with Crippen LogP contribution in [0.5, 0.6) is 0 Å². The summed E-state index contributed by atoms with van der Waals surface area (Å²) in [7, 11) is 0. The number of nitrogens with zero attached hydrogens (tertiary/aromatic N) is 1. The lowest BCUT2D eigenvalue weighted by Crippen LogP contribution is -2.36. The summed E-state index contributed by atoms with van der Waals surface area (Å²) >= 11 is 0. The fourth-order valence-electron chi connectivity index (χ4n) is 2.13. The van der Waals surface area contributed by atoms with Crippen LogP contribution in [0.25, 0.3) is 0 Å². The molecule has 6 heteroatoms. The summed E-state index contributed by atoms with van der Waals surface area (Å²) < 4.78 is 10.9. The SMILES string of the molecule is CC(C)(C)OC(=O)N1CC[C@H](OCC(=O)c2ccc[nH]2)C1. The molecule has 1 aromatic rings. The largest absolute Gasteiger partial charge is 0.444 e. The molecule has 1 saturated heterocycles. The molecular weight excluding hydrogens is 272 g/mol. The van der Waals surface area contributed by atoms with Crippen LogP contribution in [0.3, 0.4) is 0 Å². The Labute approximate surface area is 124 Å². The molecule has 1 aliphatic heterocycles. The van der Waals surface area contributed by atoms with Gasteiger partial charge in [-0.25, -0.2) is 4.79 Å². The number of hydrogen-bond donors (Lipinski definition) is 1. The summed E-state index contributed by atoms with van der Waals surface area (Å²) in [5.41, 5.74) is 0.0385. The van der Waals surface area contributed by atoms with Crippen LogP contribution in [-0.2, 0) is 9.47 Å². The smallest absolute Gasteiger partial charge is 0.410 e. The van der Waals surface area contributed by atoms with E-state index >= 15 is 0 Å². The third kappa shape index (κ3) is 4.60. The highest BCUT2D eigenvalue weighted by molar-refractivity contribution is 5.95. The molecule has 2 heterocycles. The number of ether oxygens (including phenoxy) is 2. The quantitative estimate of drug-likeness (QED) is 0.864. The summed E-state index contributed by atoms with van der Waals surface area (Å²) in [6.07, 6.45) is 1.98. The van der Waals surface area contributed by atoms with Gasteiger partial charge in [-0.1, -0.05) is 0 Å². The van der Waals surface area contributed by atoms with Gasteiger partial charge in [-0.15, -0.1) is 0 Å². The topological polar surface area (TPSA) is 71.6 Å². The molecule has 0 saturated carbocycles. The Morgan fingerprint density at radius 1 is 1.43 bits per heavy atom. The maximum absolute atomic E-state index is 11.9. The Bertz CT molecular complexity index is 490. The van der Waals surface area contributed by atoms with Gasteiger partial charge in [-0.05, 0) is 39.3 Å². The van der Waals surface area contributed by atoms with Crippen LogP contribution < -0.4 is 0 Å². The molecule has 1 N–H and O–H groups in total. The zero-order valence-corrected chi connectivity index (χ0v) is 12.7. The molecular formula is C15H22N2O4. The Hall–Kier alpha value is -1.82. The van der Waals surface area contributed by atoms with Gasteiger partial charge in [0.15, 0.2) is 0 Å². The van der Waals surface area contributed by atoms with Gasteiger partial charge >= 0.3 is 6.09 Å². The molecule has 0 aromatic carbocycles. The summed E-state index contributed by atoms with van der Waals surface area (Å²) in [4.78, 5) is 28.2. The van der Waals surface area contributed by atoms with Crippen molar-refractivity contribution in [3.63, 3.8) is 0 Å². The van der Waals surface area contributed by atoms with Gasteiger partial charge in [-0.2, -0.15) is 0 Å². The van der Waals surface area contributed by atoms with E-state index in [1.807, 2.05) is 20.8 Å². The molecule has 1 amide bonds. The fraction of sp³-hybridized carbons (Fsp3) is 0.600. The van der Waals surface area contributed by atoms with Crippen molar-refractivity contribution in [1.29, 1.82) is 0 Å². The van der Waals surface area contributed by atoms with Gasteiger partial charge in [0.05, 0.1) is 18.3 Å². The number of Topliss-reactive ketones (excluding diaryl/α,β-unsaturated/α-hetero) is 1. The number of carbonyl (C=O) groups is 2. The third-order valence-electron chi connectivity index (χ3n) is 3.15. The number of nitrogens with one attached hydrogen (secondary N) is 1. The highest BCUT2D eigenvalue weighted by atomic mass is 16.6. The van der Waals surface area contributed by atoms with Crippen molar-refractivity contribution in [2.45, 2.75) is 38.9 Å². The van der Waals surface area contributed by atoms with E-state index in [1.165, 1.54) is 0 Å². The zero-order chi connectivity index (χ0) is 15.5. The highest BCUT2D eigenvalue weighted by Gasteiger charge is 2.30. The number of amides is 1. The van der Waals surface area contributed by atoms with E-state index in [-0.39, 0.29) is 24.6 Å². The molecule has 0 spiro atoms. The molecule has 116 valence electrons. The van der Waals surface area contributed by atoms with E-state index in [0.29, 0.717) is 18.8 Å². The van der Waals surface area contributed by atoms with Crippen molar-refractivity contribution < 1.29 is 19.1 Å². The number of aromatic nitrogens is 1. The van der Waals surface area contributed by atoms with Crippen LogP contribution in [0.1, 0.15) is 37.7 Å². The molecule has 0 radical (unpaired) electrons. The maximum Gasteiger partial charge on any atom is 0.410 e. The van der Waals surface area contributed by atoms with Gasteiger partial charge in [0.2, 0.25) is 5.78 Å². The minimum atomic E-state index is -0.500. The Morgan fingerprint density at radius 2 is 2.19 bits per heavy atom. The number of H-pyrrole nitrogens is 1.